The summed E-state index contributed by atoms with van der Waals surface area (Å²) in [6.07, 6.45) is 11.0. The number of amides is 1. The molecule has 3 aliphatic heterocycles. The van der Waals surface area contributed by atoms with Crippen LogP contribution in [0.25, 0.3) is 0 Å². The third-order valence-corrected chi connectivity index (χ3v) is 13.2. The van der Waals surface area contributed by atoms with Gasteiger partial charge < -0.3 is 19.3 Å². The monoisotopic (exact) mass is 591 g/mol. The van der Waals surface area contributed by atoms with Gasteiger partial charge in [-0.2, -0.15) is 4.31 Å². The largest absolute Gasteiger partial charge is 0.441 e. The van der Waals surface area contributed by atoms with Gasteiger partial charge in [0.2, 0.25) is 10.0 Å². The Bertz CT molecular complexity index is 1230. The third kappa shape index (κ3) is 4.24. The Kier molecular flexibility index (Phi) is 6.94. The number of carbonyl (C=O) groups excluding carboxylic acids is 1. The van der Waals surface area contributed by atoms with Crippen LogP contribution in [0.1, 0.15) is 77.6 Å². The molecule has 220 valence electrons. The summed E-state index contributed by atoms with van der Waals surface area (Å²) in [7, 11) is -3.85. The number of hydrogen-bond acceptors (Lipinski definition) is 6. The number of hydrogen-bond donors (Lipinski definition) is 0. The van der Waals surface area contributed by atoms with E-state index in [4.69, 9.17) is 21.1 Å². The van der Waals surface area contributed by atoms with Gasteiger partial charge in [0.05, 0.1) is 24.2 Å². The molecule has 3 aliphatic carbocycles. The van der Waals surface area contributed by atoms with Gasteiger partial charge in [-0.15, -0.1) is 0 Å². The number of piperidine rings is 2. The molecular formula is C30H42ClN3O5S. The maximum absolute atomic E-state index is 14.1. The molecule has 0 N–H and O–H groups in total. The van der Waals surface area contributed by atoms with Crippen LogP contribution < -0.4 is 0 Å². The van der Waals surface area contributed by atoms with Crippen molar-refractivity contribution in [2.45, 2.75) is 118 Å². The van der Waals surface area contributed by atoms with Crippen LogP contribution in [0.3, 0.4) is 0 Å². The highest BCUT2D eigenvalue weighted by Gasteiger charge is 2.72. The van der Waals surface area contributed by atoms with E-state index >= 15 is 0 Å². The Morgan fingerprint density at radius 3 is 2.45 bits per heavy atom. The minimum atomic E-state index is -3.85. The Hall–Kier alpha value is -1.39. The summed E-state index contributed by atoms with van der Waals surface area (Å²) < 4.78 is 42.2. The van der Waals surface area contributed by atoms with Crippen LogP contribution >= 0.6 is 11.6 Å². The molecule has 1 amide bonds. The van der Waals surface area contributed by atoms with Crippen LogP contribution in [0.5, 0.6) is 0 Å². The molecule has 7 rings (SSSR count). The molecule has 1 aromatic rings. The lowest BCUT2D eigenvalue weighted by molar-refractivity contribution is -0.177. The molecule has 6 fully saturated rings. The van der Waals surface area contributed by atoms with E-state index in [1.165, 1.54) is 45.2 Å². The predicted molar refractivity (Wildman–Crippen MR) is 152 cm³/mol. The maximum atomic E-state index is 14.1. The lowest BCUT2D eigenvalue weighted by Gasteiger charge is -2.67. The first-order chi connectivity index (χ1) is 19.3. The van der Waals surface area contributed by atoms with E-state index in [1.807, 2.05) is 4.90 Å². The van der Waals surface area contributed by atoms with Crippen molar-refractivity contribution in [3.63, 3.8) is 0 Å². The van der Waals surface area contributed by atoms with Crippen molar-refractivity contribution in [1.29, 1.82) is 0 Å². The minimum absolute atomic E-state index is 0.212. The van der Waals surface area contributed by atoms with Crippen molar-refractivity contribution in [1.82, 2.24) is 14.1 Å². The third-order valence-electron chi connectivity index (χ3n) is 11.0. The molecule has 6 aliphatic rings. The van der Waals surface area contributed by atoms with Crippen molar-refractivity contribution in [3.05, 3.63) is 29.3 Å². The zero-order chi connectivity index (χ0) is 27.7. The smallest absolute Gasteiger partial charge is 0.410 e. The summed E-state index contributed by atoms with van der Waals surface area (Å²) in [5.41, 5.74) is -0.558. The van der Waals surface area contributed by atoms with E-state index < -0.39 is 21.7 Å². The number of sulfonamides is 1. The Balaban J connectivity index is 1.11. The van der Waals surface area contributed by atoms with E-state index in [1.54, 1.807) is 28.6 Å². The van der Waals surface area contributed by atoms with Crippen molar-refractivity contribution < 1.29 is 22.7 Å². The number of likely N-dealkylation sites (tertiary alicyclic amines) is 2. The van der Waals surface area contributed by atoms with E-state index in [-0.39, 0.29) is 41.1 Å². The fourth-order valence-corrected chi connectivity index (χ4v) is 10.8. The molecule has 4 unspecified atom stereocenters. The fraction of sp³-hybridized carbons (Fsp3) is 0.767. The standard InChI is InChI=1S/C30H42ClN3O5S/c1-2-6-22-19-38-20-27(34(22)40(36,37)24-9-7-21(31)8-10-24)30(13-14-30)39-28(35)33-25-11-12-29(25)18-23(17-26(29)33)32-15-4-3-5-16-32/h7-10,22-23,25-27H,2-6,11-20H2,1H3/t22-,23?,25?,26?,27-,29?/m1/s1. The first-order valence-corrected chi connectivity index (χ1v) is 17.2. The Morgan fingerprint density at radius 2 is 1.80 bits per heavy atom. The lowest BCUT2D eigenvalue weighted by atomic mass is 9.53. The Labute approximate surface area is 243 Å². The molecule has 10 heteroatoms. The zero-order valence-corrected chi connectivity index (χ0v) is 25.0. The van der Waals surface area contributed by atoms with Crippen molar-refractivity contribution >= 4 is 27.7 Å². The van der Waals surface area contributed by atoms with Crippen molar-refractivity contribution in [2.24, 2.45) is 5.41 Å². The number of halogens is 1. The molecule has 1 spiro atoms. The van der Waals surface area contributed by atoms with E-state index in [2.05, 4.69) is 11.8 Å². The quantitative estimate of drug-likeness (QED) is 0.442. The van der Waals surface area contributed by atoms with Crippen LogP contribution in [0.15, 0.2) is 29.2 Å². The number of rotatable bonds is 7. The molecule has 0 bridgehead atoms. The minimum Gasteiger partial charge on any atom is -0.441 e. The summed E-state index contributed by atoms with van der Waals surface area (Å²) in [6.45, 7) is 5.00. The first-order valence-electron chi connectivity index (χ1n) is 15.4. The SMILES string of the molecule is CCC[C@@H]1COC[C@H](C2(OC(=O)N3C4CCC45CC(N4CCCCC4)CC35)CC2)N1S(=O)(=O)c1ccc(Cl)cc1. The van der Waals surface area contributed by atoms with Gasteiger partial charge >= 0.3 is 6.09 Å². The average Bonchev–Trinajstić information content (AvgIpc) is 3.62. The number of nitrogens with zero attached hydrogens (tertiary/aromatic N) is 3. The van der Waals surface area contributed by atoms with Crippen molar-refractivity contribution in [3.8, 4) is 0 Å². The van der Waals surface area contributed by atoms with Gasteiger partial charge in [0, 0.05) is 34.6 Å². The number of ether oxygens (including phenoxy) is 2. The normalized spacial score (nSPS) is 37.1. The second-order valence-corrected chi connectivity index (χ2v) is 15.4. The molecule has 0 aromatic heterocycles. The van der Waals surface area contributed by atoms with Gasteiger partial charge in [0.25, 0.3) is 0 Å². The van der Waals surface area contributed by atoms with Crippen LogP contribution in [0.2, 0.25) is 5.02 Å². The second-order valence-electron chi connectivity index (χ2n) is 13.1. The number of carbonyl (C=O) groups is 1. The van der Waals surface area contributed by atoms with Gasteiger partial charge in [0.15, 0.2) is 0 Å². The van der Waals surface area contributed by atoms with Crippen molar-refractivity contribution in [2.75, 3.05) is 26.3 Å². The second kappa shape index (κ2) is 10.1. The fourth-order valence-electron chi connectivity index (χ4n) is 8.77. The molecule has 6 atom stereocenters. The van der Waals surface area contributed by atoms with Crippen LogP contribution in [-0.4, -0.2) is 90.7 Å². The van der Waals surface area contributed by atoms with Gasteiger partial charge in [-0.25, -0.2) is 13.2 Å². The zero-order valence-electron chi connectivity index (χ0n) is 23.5. The summed E-state index contributed by atoms with van der Waals surface area (Å²) in [4.78, 5) is 18.8. The number of benzene rings is 1. The lowest BCUT2D eigenvalue weighted by Crippen LogP contribution is -2.76. The van der Waals surface area contributed by atoms with Gasteiger partial charge in [-0.1, -0.05) is 31.4 Å². The predicted octanol–water partition coefficient (Wildman–Crippen LogP) is 5.05. The molecular weight excluding hydrogens is 550 g/mol. The molecule has 3 saturated heterocycles. The van der Waals surface area contributed by atoms with Gasteiger partial charge in [0.1, 0.15) is 5.60 Å². The van der Waals surface area contributed by atoms with Crippen LogP contribution in [-0.2, 0) is 19.5 Å². The van der Waals surface area contributed by atoms with Crippen LogP contribution in [0.4, 0.5) is 4.79 Å². The highest BCUT2D eigenvalue weighted by atomic mass is 35.5. The molecule has 1 aromatic carbocycles. The topological polar surface area (TPSA) is 79.4 Å². The molecule has 3 saturated carbocycles. The Morgan fingerprint density at radius 1 is 1.05 bits per heavy atom. The van der Waals surface area contributed by atoms with Crippen LogP contribution in [0, 0.1) is 5.41 Å². The van der Waals surface area contributed by atoms with E-state index in [0.29, 0.717) is 36.9 Å². The van der Waals surface area contributed by atoms with E-state index in [9.17, 15) is 13.2 Å². The highest BCUT2D eigenvalue weighted by Crippen LogP contribution is 2.66. The maximum Gasteiger partial charge on any atom is 0.410 e. The molecule has 40 heavy (non-hydrogen) atoms. The van der Waals surface area contributed by atoms with E-state index in [0.717, 1.165) is 19.3 Å². The summed E-state index contributed by atoms with van der Waals surface area (Å²) in [5, 5.41) is 0.492. The highest BCUT2D eigenvalue weighted by molar-refractivity contribution is 7.89. The summed E-state index contributed by atoms with van der Waals surface area (Å²) in [6, 6.07) is 6.61. The van der Waals surface area contributed by atoms with Gasteiger partial charge in [-0.05, 0) is 95.1 Å². The number of morpholine rings is 1. The summed E-state index contributed by atoms with van der Waals surface area (Å²) >= 11 is 6.07. The van der Waals surface area contributed by atoms with Gasteiger partial charge in [-0.3, -0.25) is 0 Å². The molecule has 8 nitrogen and oxygen atoms in total. The first kappa shape index (κ1) is 27.4. The molecule has 0 radical (unpaired) electrons. The average molecular weight is 592 g/mol. The molecule has 3 heterocycles. The summed E-state index contributed by atoms with van der Waals surface area (Å²) in [5.74, 6) is 0.